The van der Waals surface area contributed by atoms with Gasteiger partial charge in [-0.05, 0) is 20.8 Å². The predicted octanol–water partition coefficient (Wildman–Crippen LogP) is -0.211. The van der Waals surface area contributed by atoms with Crippen LogP contribution in [0, 0.1) is 0 Å². The fourth-order valence-corrected chi connectivity index (χ4v) is 3.03. The quantitative estimate of drug-likeness (QED) is 0.728. The van der Waals surface area contributed by atoms with Crippen molar-refractivity contribution in [2.75, 3.05) is 32.1 Å². The van der Waals surface area contributed by atoms with Gasteiger partial charge in [-0.25, -0.2) is 8.42 Å². The first-order valence-electron chi connectivity index (χ1n) is 6.29. The van der Waals surface area contributed by atoms with Crippen molar-refractivity contribution in [3.63, 3.8) is 0 Å². The van der Waals surface area contributed by atoms with Crippen molar-refractivity contribution in [2.24, 2.45) is 5.73 Å². The second kappa shape index (κ2) is 6.81. The molecular formula is C11H24N2O4S. The Labute approximate surface area is 109 Å². The van der Waals surface area contributed by atoms with E-state index < -0.39 is 10.0 Å². The highest BCUT2D eigenvalue weighted by Crippen LogP contribution is 2.12. The van der Waals surface area contributed by atoms with Crippen LogP contribution in [0.25, 0.3) is 0 Å². The van der Waals surface area contributed by atoms with Crippen molar-refractivity contribution in [1.29, 1.82) is 0 Å². The van der Waals surface area contributed by atoms with Crippen molar-refractivity contribution in [1.82, 2.24) is 4.31 Å². The van der Waals surface area contributed by atoms with Crippen LogP contribution in [0.2, 0.25) is 0 Å². The minimum atomic E-state index is -3.27. The summed E-state index contributed by atoms with van der Waals surface area (Å²) in [5, 5.41) is 0. The monoisotopic (exact) mass is 280 g/mol. The number of nitrogens with two attached hydrogens (primary N) is 1. The average molecular weight is 280 g/mol. The summed E-state index contributed by atoms with van der Waals surface area (Å²) < 4.78 is 36.3. The Morgan fingerprint density at radius 2 is 2.11 bits per heavy atom. The molecule has 1 aliphatic rings. The summed E-state index contributed by atoms with van der Waals surface area (Å²) >= 11 is 0. The van der Waals surface area contributed by atoms with E-state index in [1.165, 1.54) is 4.31 Å². The maximum atomic E-state index is 12.1. The molecule has 18 heavy (non-hydrogen) atoms. The Kier molecular flexibility index (Phi) is 6.00. The van der Waals surface area contributed by atoms with Crippen LogP contribution in [0.1, 0.15) is 20.8 Å². The van der Waals surface area contributed by atoms with Gasteiger partial charge in [-0.3, -0.25) is 0 Å². The van der Waals surface area contributed by atoms with Crippen LogP contribution in [0.3, 0.4) is 0 Å². The molecule has 0 spiro atoms. The predicted molar refractivity (Wildman–Crippen MR) is 69.8 cm³/mol. The first-order chi connectivity index (χ1) is 8.33. The van der Waals surface area contributed by atoms with Crippen LogP contribution in [-0.4, -0.2) is 63.0 Å². The van der Waals surface area contributed by atoms with Gasteiger partial charge in [-0.2, -0.15) is 4.31 Å². The summed E-state index contributed by atoms with van der Waals surface area (Å²) in [6, 6.07) is -0.171. The lowest BCUT2D eigenvalue weighted by Gasteiger charge is -2.33. The Morgan fingerprint density at radius 1 is 1.44 bits per heavy atom. The molecule has 0 saturated carbocycles. The van der Waals surface area contributed by atoms with Gasteiger partial charge in [0.2, 0.25) is 10.0 Å². The molecule has 2 atom stereocenters. The Bertz CT molecular complexity index is 343. The minimum Gasteiger partial charge on any atom is -0.378 e. The van der Waals surface area contributed by atoms with E-state index in [0.717, 1.165) is 0 Å². The molecule has 0 aromatic heterocycles. The van der Waals surface area contributed by atoms with E-state index in [2.05, 4.69) is 0 Å². The number of morpholine rings is 1. The molecule has 6 nitrogen and oxygen atoms in total. The lowest BCUT2D eigenvalue weighted by Crippen LogP contribution is -2.52. The summed E-state index contributed by atoms with van der Waals surface area (Å²) in [5.41, 5.74) is 5.74. The fraction of sp³-hybridized carbons (Fsp3) is 1.00. The topological polar surface area (TPSA) is 81.9 Å². The lowest BCUT2D eigenvalue weighted by molar-refractivity contribution is -0.0122. The van der Waals surface area contributed by atoms with Gasteiger partial charge in [-0.15, -0.1) is 0 Å². The van der Waals surface area contributed by atoms with Crippen LogP contribution in [0.4, 0.5) is 0 Å². The third-order valence-corrected chi connectivity index (χ3v) is 4.63. The van der Waals surface area contributed by atoms with E-state index in [1.54, 1.807) is 0 Å². The maximum Gasteiger partial charge on any atom is 0.216 e. The summed E-state index contributed by atoms with van der Waals surface area (Å²) in [7, 11) is -3.27. The van der Waals surface area contributed by atoms with Crippen molar-refractivity contribution in [2.45, 2.75) is 39.0 Å². The number of ether oxygens (including phenoxy) is 2. The molecule has 0 aromatic rings. The number of hydrogen-bond acceptors (Lipinski definition) is 5. The molecule has 7 heteroatoms. The number of sulfonamides is 1. The largest absolute Gasteiger partial charge is 0.378 e. The highest BCUT2D eigenvalue weighted by atomic mass is 32.2. The smallest absolute Gasteiger partial charge is 0.216 e. The van der Waals surface area contributed by atoms with Crippen LogP contribution in [0.5, 0.6) is 0 Å². The Hall–Kier alpha value is -0.210. The molecule has 1 aliphatic heterocycles. The van der Waals surface area contributed by atoms with Crippen LogP contribution in [0.15, 0.2) is 0 Å². The summed E-state index contributed by atoms with van der Waals surface area (Å²) in [5.74, 6) is 0.0108. The van der Waals surface area contributed by atoms with Crippen LogP contribution >= 0.6 is 0 Å². The molecule has 0 radical (unpaired) electrons. The third kappa shape index (κ3) is 4.81. The zero-order valence-electron chi connectivity index (χ0n) is 11.3. The lowest BCUT2D eigenvalue weighted by atomic mass is 10.2. The van der Waals surface area contributed by atoms with Crippen LogP contribution in [-0.2, 0) is 19.5 Å². The molecule has 1 heterocycles. The first-order valence-corrected chi connectivity index (χ1v) is 7.90. The van der Waals surface area contributed by atoms with E-state index >= 15 is 0 Å². The van der Waals surface area contributed by atoms with Crippen molar-refractivity contribution in [3.05, 3.63) is 0 Å². The number of nitrogens with zero attached hydrogens (tertiary/aromatic N) is 1. The van der Waals surface area contributed by atoms with Gasteiger partial charge in [0, 0.05) is 19.1 Å². The van der Waals surface area contributed by atoms with Gasteiger partial charge >= 0.3 is 0 Å². The number of hydrogen-bond donors (Lipinski definition) is 1. The molecule has 1 saturated heterocycles. The minimum absolute atomic E-state index is 0.0108. The highest BCUT2D eigenvalue weighted by Gasteiger charge is 2.30. The molecule has 2 unspecified atom stereocenters. The van der Waals surface area contributed by atoms with Crippen molar-refractivity contribution in [3.8, 4) is 0 Å². The fourth-order valence-electron chi connectivity index (χ4n) is 1.74. The molecule has 0 aliphatic carbocycles. The molecule has 0 amide bonds. The van der Waals surface area contributed by atoms with Crippen molar-refractivity contribution >= 4 is 10.0 Å². The van der Waals surface area contributed by atoms with Gasteiger partial charge < -0.3 is 15.2 Å². The van der Waals surface area contributed by atoms with E-state index in [9.17, 15) is 8.42 Å². The molecule has 108 valence electrons. The molecule has 0 aromatic carbocycles. The zero-order valence-corrected chi connectivity index (χ0v) is 12.1. The van der Waals surface area contributed by atoms with E-state index in [-0.39, 0.29) is 30.6 Å². The maximum absolute atomic E-state index is 12.1. The SMILES string of the molecule is CC(C)OCCS(=O)(=O)N1CCOC(C(C)N)C1. The molecular weight excluding hydrogens is 256 g/mol. The second-order valence-corrected chi connectivity index (χ2v) is 6.95. The summed E-state index contributed by atoms with van der Waals surface area (Å²) in [4.78, 5) is 0. The second-order valence-electron chi connectivity index (χ2n) is 4.86. The van der Waals surface area contributed by atoms with E-state index in [4.69, 9.17) is 15.2 Å². The van der Waals surface area contributed by atoms with Gasteiger partial charge in [0.15, 0.2) is 0 Å². The number of rotatable bonds is 6. The molecule has 1 rings (SSSR count). The van der Waals surface area contributed by atoms with Gasteiger partial charge in [0.25, 0.3) is 0 Å². The van der Waals surface area contributed by atoms with Gasteiger partial charge in [0.1, 0.15) is 0 Å². The Balaban J connectivity index is 2.51. The van der Waals surface area contributed by atoms with Gasteiger partial charge in [0.05, 0.1) is 31.2 Å². The summed E-state index contributed by atoms with van der Waals surface area (Å²) in [6.45, 7) is 6.94. The van der Waals surface area contributed by atoms with Crippen LogP contribution < -0.4 is 5.73 Å². The van der Waals surface area contributed by atoms with E-state index in [1.807, 2.05) is 20.8 Å². The first kappa shape index (κ1) is 15.8. The molecule has 0 bridgehead atoms. The zero-order chi connectivity index (χ0) is 13.8. The highest BCUT2D eigenvalue weighted by molar-refractivity contribution is 7.89. The molecule has 1 fully saturated rings. The van der Waals surface area contributed by atoms with E-state index in [0.29, 0.717) is 19.7 Å². The van der Waals surface area contributed by atoms with Crippen molar-refractivity contribution < 1.29 is 17.9 Å². The molecule has 2 N–H and O–H groups in total. The normalized spacial score (nSPS) is 24.4. The Morgan fingerprint density at radius 3 is 2.67 bits per heavy atom. The third-order valence-electron chi connectivity index (χ3n) is 2.83. The van der Waals surface area contributed by atoms with Gasteiger partial charge in [-0.1, -0.05) is 0 Å². The summed E-state index contributed by atoms with van der Waals surface area (Å²) in [6.07, 6.45) is -0.179. The standard InChI is InChI=1S/C11H24N2O4S/c1-9(2)16-6-7-18(14,15)13-4-5-17-11(8-13)10(3)12/h9-11H,4-8,12H2,1-3H3. The average Bonchev–Trinajstić information content (AvgIpc) is 2.28.